The molecule has 0 aliphatic carbocycles. The second kappa shape index (κ2) is 10.5. The van der Waals surface area contributed by atoms with Gasteiger partial charge in [0.1, 0.15) is 5.60 Å². The van der Waals surface area contributed by atoms with Crippen LogP contribution in [0.1, 0.15) is 56.7 Å². The number of nitrogens with one attached hydrogen (secondary N) is 1. The van der Waals surface area contributed by atoms with Crippen molar-refractivity contribution in [3.63, 3.8) is 0 Å². The largest absolute Gasteiger partial charge is 0.461 e. The molecule has 4 rings (SSSR count). The molecular formula is C26H34N6O4. The highest BCUT2D eigenvalue weighted by Crippen LogP contribution is 2.26. The number of aryl methyl sites for hydroxylation is 1. The summed E-state index contributed by atoms with van der Waals surface area (Å²) in [7, 11) is 0. The highest BCUT2D eigenvalue weighted by molar-refractivity contribution is 5.90. The second-order valence-electron chi connectivity index (χ2n) is 9.96. The van der Waals surface area contributed by atoms with E-state index in [9.17, 15) is 9.59 Å². The highest BCUT2D eigenvalue weighted by Gasteiger charge is 2.27. The van der Waals surface area contributed by atoms with Crippen molar-refractivity contribution in [3.8, 4) is 11.3 Å². The van der Waals surface area contributed by atoms with E-state index in [2.05, 4.69) is 15.3 Å². The molecule has 4 heterocycles. The maximum absolute atomic E-state index is 12.5. The molecule has 192 valence electrons. The summed E-state index contributed by atoms with van der Waals surface area (Å²) in [6, 6.07) is 3.78. The van der Waals surface area contributed by atoms with Crippen LogP contribution in [0.4, 0.5) is 10.6 Å². The number of imidazole rings is 1. The van der Waals surface area contributed by atoms with Crippen molar-refractivity contribution in [1.82, 2.24) is 24.3 Å². The van der Waals surface area contributed by atoms with Gasteiger partial charge in [-0.3, -0.25) is 9.38 Å². The fourth-order valence-corrected chi connectivity index (χ4v) is 4.22. The van der Waals surface area contributed by atoms with Crippen LogP contribution in [0.25, 0.3) is 16.9 Å². The minimum Gasteiger partial charge on any atom is -0.461 e. The number of pyridine rings is 1. The van der Waals surface area contributed by atoms with Gasteiger partial charge >= 0.3 is 12.1 Å². The molecule has 0 saturated carbocycles. The molecular weight excluding hydrogens is 460 g/mol. The standard InChI is InChI=1S/C26H34N6O4/c1-6-35-24(33)21-17(2)32-16-20(19-7-11-27-12-8-19)29-22(23(32)30-21)28-15-18-9-13-31(14-10-18)25(34)36-26(3,4)5/h7-8,11-12,16,18H,6,9-10,13-15H2,1-5H3,(H,28,29). The van der Waals surface area contributed by atoms with Crippen LogP contribution in [-0.2, 0) is 9.47 Å². The predicted molar refractivity (Wildman–Crippen MR) is 136 cm³/mol. The first-order valence-corrected chi connectivity index (χ1v) is 12.3. The van der Waals surface area contributed by atoms with Gasteiger partial charge in [0.25, 0.3) is 0 Å². The summed E-state index contributed by atoms with van der Waals surface area (Å²) in [6.45, 7) is 11.5. The average Bonchev–Trinajstić information content (AvgIpc) is 3.19. The molecule has 0 aromatic carbocycles. The summed E-state index contributed by atoms with van der Waals surface area (Å²) in [5, 5.41) is 3.46. The zero-order valence-corrected chi connectivity index (χ0v) is 21.6. The molecule has 36 heavy (non-hydrogen) atoms. The van der Waals surface area contributed by atoms with Gasteiger partial charge in [-0.05, 0) is 65.5 Å². The number of piperidine rings is 1. The number of ether oxygens (including phenoxy) is 2. The first kappa shape index (κ1) is 25.4. The number of aromatic nitrogens is 4. The Balaban J connectivity index is 1.54. The van der Waals surface area contributed by atoms with E-state index < -0.39 is 11.6 Å². The maximum Gasteiger partial charge on any atom is 0.410 e. The summed E-state index contributed by atoms with van der Waals surface area (Å²) >= 11 is 0. The number of carbonyl (C=O) groups is 2. The lowest BCUT2D eigenvalue weighted by molar-refractivity contribution is 0.0187. The Morgan fingerprint density at radius 3 is 2.47 bits per heavy atom. The Kier molecular flexibility index (Phi) is 7.42. The van der Waals surface area contributed by atoms with E-state index in [1.54, 1.807) is 24.2 Å². The van der Waals surface area contributed by atoms with Crippen molar-refractivity contribution < 1.29 is 19.1 Å². The minimum absolute atomic E-state index is 0.262. The first-order chi connectivity index (χ1) is 17.2. The number of nitrogens with zero attached hydrogens (tertiary/aromatic N) is 5. The minimum atomic E-state index is -0.503. The molecule has 1 saturated heterocycles. The summed E-state index contributed by atoms with van der Waals surface area (Å²) in [5.74, 6) is 0.498. The third kappa shape index (κ3) is 5.75. The Bertz CT molecular complexity index is 1230. The van der Waals surface area contributed by atoms with Gasteiger partial charge in [0.2, 0.25) is 0 Å². The van der Waals surface area contributed by atoms with Gasteiger partial charge in [-0.25, -0.2) is 19.6 Å². The van der Waals surface area contributed by atoms with E-state index in [1.165, 1.54) is 0 Å². The van der Waals surface area contributed by atoms with Gasteiger partial charge in [-0.1, -0.05) is 0 Å². The molecule has 1 fully saturated rings. The molecule has 0 atom stereocenters. The topological polar surface area (TPSA) is 111 Å². The van der Waals surface area contributed by atoms with E-state index in [1.807, 2.05) is 50.4 Å². The van der Waals surface area contributed by atoms with Gasteiger partial charge in [-0.15, -0.1) is 0 Å². The Morgan fingerprint density at radius 2 is 1.83 bits per heavy atom. The van der Waals surface area contributed by atoms with Crippen molar-refractivity contribution in [1.29, 1.82) is 0 Å². The Morgan fingerprint density at radius 1 is 1.14 bits per heavy atom. The van der Waals surface area contributed by atoms with Crippen LogP contribution in [0.15, 0.2) is 30.7 Å². The predicted octanol–water partition coefficient (Wildman–Crippen LogP) is 4.34. The molecule has 1 amide bonds. The number of likely N-dealkylation sites (tertiary alicyclic amines) is 1. The maximum atomic E-state index is 12.5. The molecule has 3 aromatic rings. The number of carbonyl (C=O) groups excluding carboxylic acids is 2. The molecule has 10 nitrogen and oxygen atoms in total. The summed E-state index contributed by atoms with van der Waals surface area (Å²) in [5.41, 5.74) is 2.68. The monoisotopic (exact) mass is 494 g/mol. The molecule has 0 bridgehead atoms. The number of esters is 1. The van der Waals surface area contributed by atoms with Gasteiger partial charge in [0, 0.05) is 43.8 Å². The zero-order valence-electron chi connectivity index (χ0n) is 21.6. The number of anilines is 1. The van der Waals surface area contributed by atoms with Crippen LogP contribution >= 0.6 is 0 Å². The lowest BCUT2D eigenvalue weighted by Crippen LogP contribution is -2.42. The van der Waals surface area contributed by atoms with Gasteiger partial charge in [0.05, 0.1) is 18.0 Å². The van der Waals surface area contributed by atoms with Gasteiger partial charge < -0.3 is 19.7 Å². The zero-order chi connectivity index (χ0) is 25.9. The molecule has 0 spiro atoms. The number of fused-ring (bicyclic) bond motifs is 1. The SMILES string of the molecule is CCOC(=O)c1nc2c(NCC3CCN(C(=O)OC(C)(C)C)CC3)nc(-c3ccncc3)cn2c1C. The Hall–Kier alpha value is -3.69. The van der Waals surface area contributed by atoms with Crippen LogP contribution in [0.5, 0.6) is 0 Å². The van der Waals surface area contributed by atoms with Crippen molar-refractivity contribution in [3.05, 3.63) is 42.1 Å². The van der Waals surface area contributed by atoms with Crippen LogP contribution in [0.2, 0.25) is 0 Å². The second-order valence-corrected chi connectivity index (χ2v) is 9.96. The van der Waals surface area contributed by atoms with Crippen LogP contribution < -0.4 is 5.32 Å². The quantitative estimate of drug-likeness (QED) is 0.504. The van der Waals surface area contributed by atoms with E-state index >= 15 is 0 Å². The molecule has 1 N–H and O–H groups in total. The molecule has 1 aliphatic rings. The van der Waals surface area contributed by atoms with E-state index in [0.717, 1.165) is 24.1 Å². The van der Waals surface area contributed by atoms with Crippen molar-refractivity contribution in [2.75, 3.05) is 31.6 Å². The van der Waals surface area contributed by atoms with Crippen LogP contribution in [-0.4, -0.2) is 68.2 Å². The first-order valence-electron chi connectivity index (χ1n) is 12.3. The normalized spacial score (nSPS) is 14.6. The van der Waals surface area contributed by atoms with E-state index in [4.69, 9.17) is 14.5 Å². The number of hydrogen-bond acceptors (Lipinski definition) is 8. The molecule has 1 aliphatic heterocycles. The average molecular weight is 495 g/mol. The van der Waals surface area contributed by atoms with Crippen LogP contribution in [0, 0.1) is 12.8 Å². The third-order valence-electron chi connectivity index (χ3n) is 6.11. The van der Waals surface area contributed by atoms with Crippen LogP contribution in [0.3, 0.4) is 0 Å². The smallest absolute Gasteiger partial charge is 0.410 e. The van der Waals surface area contributed by atoms with Crippen molar-refractivity contribution >= 4 is 23.5 Å². The van der Waals surface area contributed by atoms with Crippen molar-refractivity contribution in [2.45, 2.75) is 53.1 Å². The van der Waals surface area contributed by atoms with Gasteiger partial charge in [-0.2, -0.15) is 0 Å². The lowest BCUT2D eigenvalue weighted by Gasteiger charge is -2.33. The number of rotatable bonds is 6. The molecule has 3 aromatic heterocycles. The Labute approximate surface area is 211 Å². The van der Waals surface area contributed by atoms with E-state index in [-0.39, 0.29) is 18.4 Å². The molecule has 0 unspecified atom stereocenters. The van der Waals surface area contributed by atoms with Crippen molar-refractivity contribution in [2.24, 2.45) is 5.92 Å². The highest BCUT2D eigenvalue weighted by atomic mass is 16.6. The summed E-state index contributed by atoms with van der Waals surface area (Å²) in [4.78, 5) is 40.2. The molecule has 10 heteroatoms. The molecule has 0 radical (unpaired) electrons. The number of hydrogen-bond donors (Lipinski definition) is 1. The van der Waals surface area contributed by atoms with E-state index in [0.29, 0.717) is 42.7 Å². The van der Waals surface area contributed by atoms with Gasteiger partial charge in [0.15, 0.2) is 17.2 Å². The summed E-state index contributed by atoms with van der Waals surface area (Å²) < 4.78 is 12.6. The third-order valence-corrected chi connectivity index (χ3v) is 6.11. The lowest BCUT2D eigenvalue weighted by atomic mass is 9.97. The summed E-state index contributed by atoms with van der Waals surface area (Å²) in [6.07, 6.45) is 6.76. The fraction of sp³-hybridized carbons (Fsp3) is 0.500. The fourth-order valence-electron chi connectivity index (χ4n) is 4.22. The number of amides is 1.